The lowest BCUT2D eigenvalue weighted by Gasteiger charge is -2.14. The van der Waals surface area contributed by atoms with Gasteiger partial charge in [0.25, 0.3) is 0 Å². The molecule has 0 amide bonds. The minimum Gasteiger partial charge on any atom is -0.366 e. The molecular formula is C8H12N2O. The summed E-state index contributed by atoms with van der Waals surface area (Å²) in [7, 11) is 1.89. The van der Waals surface area contributed by atoms with Gasteiger partial charge in [0.2, 0.25) is 0 Å². The molecule has 0 fully saturated rings. The van der Waals surface area contributed by atoms with E-state index in [2.05, 4.69) is 4.98 Å². The third-order valence-electron chi connectivity index (χ3n) is 1.48. The number of nitrogens with zero attached hydrogens (tertiary/aromatic N) is 1. The Morgan fingerprint density at radius 1 is 1.73 bits per heavy atom. The molecule has 1 aromatic rings. The van der Waals surface area contributed by atoms with Crippen LogP contribution in [-0.4, -0.2) is 24.4 Å². The first kappa shape index (κ1) is 7.85. The van der Waals surface area contributed by atoms with Gasteiger partial charge in [-0.25, -0.2) is 0 Å². The number of Topliss-reactive ketones (excluding diaryl/α,β-unsaturated/α-hetero) is 1. The van der Waals surface area contributed by atoms with E-state index >= 15 is 0 Å². The Balaban J connectivity index is 2.56. The van der Waals surface area contributed by atoms with Crippen molar-refractivity contribution >= 4 is 11.5 Å². The van der Waals surface area contributed by atoms with Crippen molar-refractivity contribution in [1.82, 2.24) is 4.98 Å². The molecule has 0 saturated carbocycles. The van der Waals surface area contributed by atoms with E-state index in [0.717, 1.165) is 5.69 Å². The van der Waals surface area contributed by atoms with Crippen molar-refractivity contribution in [1.29, 1.82) is 0 Å². The lowest BCUT2D eigenvalue weighted by molar-refractivity contribution is -0.115. The van der Waals surface area contributed by atoms with E-state index < -0.39 is 0 Å². The smallest absolute Gasteiger partial charge is 0.149 e. The van der Waals surface area contributed by atoms with E-state index in [0.29, 0.717) is 6.54 Å². The normalized spacial score (nSPS) is 9.64. The van der Waals surface area contributed by atoms with E-state index in [-0.39, 0.29) is 5.78 Å². The topological polar surface area (TPSA) is 36.1 Å². The predicted octanol–water partition coefficient (Wildman–Crippen LogP) is 1.04. The quantitative estimate of drug-likeness (QED) is 0.702. The van der Waals surface area contributed by atoms with Gasteiger partial charge in [-0.1, -0.05) is 0 Å². The maximum atomic E-state index is 10.7. The Labute approximate surface area is 66.0 Å². The van der Waals surface area contributed by atoms with Crippen LogP contribution in [0, 0.1) is 0 Å². The molecule has 0 atom stereocenters. The molecule has 3 nitrogen and oxygen atoms in total. The molecule has 60 valence electrons. The Morgan fingerprint density at radius 3 is 2.91 bits per heavy atom. The summed E-state index contributed by atoms with van der Waals surface area (Å²) in [5.74, 6) is 0.175. The molecule has 0 aliphatic rings. The third-order valence-corrected chi connectivity index (χ3v) is 1.48. The van der Waals surface area contributed by atoms with Crippen molar-refractivity contribution in [2.24, 2.45) is 0 Å². The summed E-state index contributed by atoms with van der Waals surface area (Å²) < 4.78 is 0. The average molecular weight is 152 g/mol. The molecule has 1 N–H and O–H groups in total. The highest BCUT2D eigenvalue weighted by molar-refractivity contribution is 5.80. The summed E-state index contributed by atoms with van der Waals surface area (Å²) in [5, 5.41) is 0. The number of ketones is 1. The van der Waals surface area contributed by atoms with Gasteiger partial charge in [-0.15, -0.1) is 0 Å². The van der Waals surface area contributed by atoms with E-state index in [1.54, 1.807) is 6.92 Å². The number of hydrogen-bond acceptors (Lipinski definition) is 2. The molecule has 1 heterocycles. The van der Waals surface area contributed by atoms with Crippen LogP contribution in [0.15, 0.2) is 18.5 Å². The standard InChI is InChI=1S/C8H12N2O/c1-7(11)6-10(2)8-3-4-9-5-8/h3-5,9H,6H2,1-2H3. The lowest BCUT2D eigenvalue weighted by Crippen LogP contribution is -2.23. The third kappa shape index (κ3) is 2.11. The largest absolute Gasteiger partial charge is 0.366 e. The molecule has 0 spiro atoms. The highest BCUT2D eigenvalue weighted by atomic mass is 16.1. The van der Waals surface area contributed by atoms with Gasteiger partial charge in [-0.3, -0.25) is 4.79 Å². The van der Waals surface area contributed by atoms with Crippen molar-refractivity contribution in [3.8, 4) is 0 Å². The Hall–Kier alpha value is -1.25. The van der Waals surface area contributed by atoms with Crippen LogP contribution >= 0.6 is 0 Å². The van der Waals surface area contributed by atoms with Gasteiger partial charge in [0.1, 0.15) is 5.78 Å². The second kappa shape index (κ2) is 3.23. The number of rotatable bonds is 3. The van der Waals surface area contributed by atoms with Gasteiger partial charge in [0.15, 0.2) is 0 Å². The Morgan fingerprint density at radius 2 is 2.45 bits per heavy atom. The number of aromatic nitrogens is 1. The van der Waals surface area contributed by atoms with E-state index in [9.17, 15) is 4.79 Å². The highest BCUT2D eigenvalue weighted by Gasteiger charge is 2.01. The number of carbonyl (C=O) groups excluding carboxylic acids is 1. The molecule has 0 aromatic carbocycles. The van der Waals surface area contributed by atoms with Crippen LogP contribution < -0.4 is 4.90 Å². The average Bonchev–Trinajstić information content (AvgIpc) is 2.35. The fourth-order valence-electron chi connectivity index (χ4n) is 0.978. The number of carbonyl (C=O) groups is 1. The van der Waals surface area contributed by atoms with Crippen LogP contribution in [0.1, 0.15) is 6.92 Å². The van der Waals surface area contributed by atoms with Gasteiger partial charge in [-0.05, 0) is 13.0 Å². The minimum atomic E-state index is 0.175. The van der Waals surface area contributed by atoms with E-state index in [1.807, 2.05) is 30.4 Å². The molecule has 3 heteroatoms. The van der Waals surface area contributed by atoms with Gasteiger partial charge in [0, 0.05) is 19.4 Å². The second-order valence-corrected chi connectivity index (χ2v) is 2.63. The molecule has 0 radical (unpaired) electrons. The second-order valence-electron chi connectivity index (χ2n) is 2.63. The number of anilines is 1. The Kier molecular flexibility index (Phi) is 2.31. The molecule has 11 heavy (non-hydrogen) atoms. The minimum absolute atomic E-state index is 0.175. The molecule has 1 aromatic heterocycles. The van der Waals surface area contributed by atoms with Crippen LogP contribution in [0.5, 0.6) is 0 Å². The molecule has 0 unspecified atom stereocenters. The zero-order valence-corrected chi connectivity index (χ0v) is 6.79. The fraction of sp³-hybridized carbons (Fsp3) is 0.375. The maximum Gasteiger partial charge on any atom is 0.149 e. The van der Waals surface area contributed by atoms with Crippen LogP contribution in [-0.2, 0) is 4.79 Å². The van der Waals surface area contributed by atoms with Gasteiger partial charge < -0.3 is 9.88 Å². The summed E-state index contributed by atoms with van der Waals surface area (Å²) >= 11 is 0. The van der Waals surface area contributed by atoms with Gasteiger partial charge >= 0.3 is 0 Å². The van der Waals surface area contributed by atoms with Crippen molar-refractivity contribution in [2.75, 3.05) is 18.5 Å². The van der Waals surface area contributed by atoms with Crippen LogP contribution in [0.2, 0.25) is 0 Å². The monoisotopic (exact) mass is 152 g/mol. The summed E-state index contributed by atoms with van der Waals surface area (Å²) in [6.07, 6.45) is 3.70. The van der Waals surface area contributed by atoms with Crippen molar-refractivity contribution in [3.05, 3.63) is 18.5 Å². The predicted molar refractivity (Wildman–Crippen MR) is 44.7 cm³/mol. The molecular weight excluding hydrogens is 140 g/mol. The van der Waals surface area contributed by atoms with Crippen LogP contribution in [0.25, 0.3) is 0 Å². The van der Waals surface area contributed by atoms with Crippen LogP contribution in [0.4, 0.5) is 5.69 Å². The summed E-state index contributed by atoms with van der Waals surface area (Å²) in [4.78, 5) is 15.5. The maximum absolute atomic E-state index is 10.7. The summed E-state index contributed by atoms with van der Waals surface area (Å²) in [5.41, 5.74) is 1.04. The zero-order valence-electron chi connectivity index (χ0n) is 6.79. The van der Waals surface area contributed by atoms with E-state index in [4.69, 9.17) is 0 Å². The molecule has 0 saturated heterocycles. The number of aromatic amines is 1. The fourth-order valence-corrected chi connectivity index (χ4v) is 0.978. The first-order valence-corrected chi connectivity index (χ1v) is 3.53. The summed E-state index contributed by atoms with van der Waals surface area (Å²) in [6, 6.07) is 1.93. The molecule has 1 rings (SSSR count). The van der Waals surface area contributed by atoms with Gasteiger partial charge in [-0.2, -0.15) is 0 Å². The summed E-state index contributed by atoms with van der Waals surface area (Å²) in [6.45, 7) is 2.06. The first-order chi connectivity index (χ1) is 5.20. The van der Waals surface area contributed by atoms with Gasteiger partial charge in [0.05, 0.1) is 12.2 Å². The number of hydrogen-bond donors (Lipinski definition) is 1. The van der Waals surface area contributed by atoms with Crippen LogP contribution in [0.3, 0.4) is 0 Å². The number of likely N-dealkylation sites (N-methyl/N-ethyl adjacent to an activating group) is 1. The molecule has 0 bridgehead atoms. The highest BCUT2D eigenvalue weighted by Crippen LogP contribution is 2.08. The van der Waals surface area contributed by atoms with Crippen molar-refractivity contribution in [3.63, 3.8) is 0 Å². The molecule has 0 aliphatic carbocycles. The van der Waals surface area contributed by atoms with E-state index in [1.165, 1.54) is 0 Å². The first-order valence-electron chi connectivity index (χ1n) is 3.53. The zero-order chi connectivity index (χ0) is 8.27. The lowest BCUT2D eigenvalue weighted by atomic mass is 10.4. The SMILES string of the molecule is CC(=O)CN(C)c1cc[nH]c1. The Bertz CT molecular complexity index is 228. The number of H-pyrrole nitrogens is 1. The molecule has 0 aliphatic heterocycles. The number of nitrogens with one attached hydrogen (secondary N) is 1. The van der Waals surface area contributed by atoms with Crippen molar-refractivity contribution in [2.45, 2.75) is 6.92 Å². The van der Waals surface area contributed by atoms with Crippen molar-refractivity contribution < 1.29 is 4.79 Å².